The molecule has 0 saturated heterocycles. The van der Waals surface area contributed by atoms with Crippen LogP contribution in [0.4, 0.5) is 5.69 Å². The topological polar surface area (TPSA) is 46.3 Å². The van der Waals surface area contributed by atoms with Crippen LogP contribution in [-0.4, -0.2) is 17.4 Å². The van der Waals surface area contributed by atoms with E-state index < -0.39 is 0 Å². The molecule has 19 heavy (non-hydrogen) atoms. The Balaban J connectivity index is 1.84. The lowest BCUT2D eigenvalue weighted by atomic mass is 9.97. The highest BCUT2D eigenvalue weighted by molar-refractivity contribution is 9.11. The lowest BCUT2D eigenvalue weighted by Crippen LogP contribution is -2.36. The number of nitrogens with zero attached hydrogens (tertiary/aromatic N) is 1. The second-order valence-electron chi connectivity index (χ2n) is 4.60. The molecule has 3 nitrogen and oxygen atoms in total. The van der Waals surface area contributed by atoms with Crippen LogP contribution in [0.2, 0.25) is 0 Å². The normalized spacial score (nSPS) is 14.3. The van der Waals surface area contributed by atoms with Crippen molar-refractivity contribution >= 4 is 38.9 Å². The Morgan fingerprint density at radius 2 is 2.26 bits per heavy atom. The molecule has 1 aromatic carbocycles. The first kappa shape index (κ1) is 12.7. The van der Waals surface area contributed by atoms with Gasteiger partial charge in [0.05, 0.1) is 9.35 Å². The lowest BCUT2D eigenvalue weighted by molar-refractivity contribution is 0.0735. The first-order chi connectivity index (χ1) is 9.15. The minimum absolute atomic E-state index is 0.0926. The third kappa shape index (κ3) is 2.40. The molecule has 0 atom stereocenters. The number of carbonyl (C=O) groups excluding carboxylic acids is 1. The van der Waals surface area contributed by atoms with Crippen LogP contribution in [0.1, 0.15) is 21.5 Å². The summed E-state index contributed by atoms with van der Waals surface area (Å²) in [6, 6.07) is 7.80. The molecule has 0 radical (unpaired) electrons. The van der Waals surface area contributed by atoms with Gasteiger partial charge < -0.3 is 10.6 Å². The number of thiophene rings is 1. The van der Waals surface area contributed by atoms with Gasteiger partial charge in [-0.1, -0.05) is 12.1 Å². The van der Waals surface area contributed by atoms with Crippen molar-refractivity contribution in [1.29, 1.82) is 0 Å². The Morgan fingerprint density at radius 3 is 3.00 bits per heavy atom. The van der Waals surface area contributed by atoms with Crippen LogP contribution in [0.25, 0.3) is 0 Å². The van der Waals surface area contributed by atoms with E-state index in [4.69, 9.17) is 5.73 Å². The molecule has 0 fully saturated rings. The molecule has 98 valence electrons. The minimum atomic E-state index is 0.0926. The molecular formula is C14H13BrN2OS. The minimum Gasteiger partial charge on any atom is -0.398 e. The van der Waals surface area contributed by atoms with Gasteiger partial charge >= 0.3 is 0 Å². The van der Waals surface area contributed by atoms with Gasteiger partial charge in [0.15, 0.2) is 0 Å². The maximum Gasteiger partial charge on any atom is 0.255 e. The van der Waals surface area contributed by atoms with E-state index in [1.807, 2.05) is 28.5 Å². The zero-order valence-corrected chi connectivity index (χ0v) is 12.6. The second kappa shape index (κ2) is 4.98. The van der Waals surface area contributed by atoms with Crippen molar-refractivity contribution < 1.29 is 4.79 Å². The number of hydrogen-bond acceptors (Lipinski definition) is 3. The van der Waals surface area contributed by atoms with E-state index in [0.29, 0.717) is 6.54 Å². The SMILES string of the molecule is Nc1cccc2c1CCN(C(=O)c1csc(Br)c1)C2. The molecule has 1 aliphatic rings. The van der Waals surface area contributed by atoms with Gasteiger partial charge in [0.1, 0.15) is 0 Å². The number of carbonyl (C=O) groups is 1. The number of nitrogen functional groups attached to an aromatic ring is 1. The van der Waals surface area contributed by atoms with Crippen molar-refractivity contribution in [3.8, 4) is 0 Å². The fourth-order valence-electron chi connectivity index (χ4n) is 2.42. The number of fused-ring (bicyclic) bond motifs is 1. The molecule has 0 unspecified atom stereocenters. The van der Waals surface area contributed by atoms with E-state index in [0.717, 1.165) is 33.6 Å². The zero-order chi connectivity index (χ0) is 13.4. The van der Waals surface area contributed by atoms with Crippen molar-refractivity contribution in [1.82, 2.24) is 4.90 Å². The van der Waals surface area contributed by atoms with Gasteiger partial charge in [-0.3, -0.25) is 4.79 Å². The number of anilines is 1. The van der Waals surface area contributed by atoms with E-state index >= 15 is 0 Å². The molecule has 0 aliphatic carbocycles. The molecule has 0 spiro atoms. The highest BCUT2D eigenvalue weighted by atomic mass is 79.9. The van der Waals surface area contributed by atoms with E-state index in [2.05, 4.69) is 22.0 Å². The standard InChI is InChI=1S/C14H13BrN2OS/c15-13-6-10(8-19-13)14(18)17-5-4-11-9(7-17)2-1-3-12(11)16/h1-3,6,8H,4-5,7,16H2. The molecule has 3 rings (SSSR count). The van der Waals surface area contributed by atoms with Crippen molar-refractivity contribution in [2.24, 2.45) is 0 Å². The maximum atomic E-state index is 12.4. The second-order valence-corrected chi connectivity index (χ2v) is 6.89. The average molecular weight is 337 g/mol. The summed E-state index contributed by atoms with van der Waals surface area (Å²) in [4.78, 5) is 14.3. The Morgan fingerprint density at radius 1 is 1.42 bits per heavy atom. The van der Waals surface area contributed by atoms with Crippen LogP contribution < -0.4 is 5.73 Å². The number of nitrogens with two attached hydrogens (primary N) is 1. The molecule has 0 saturated carbocycles. The third-order valence-corrected chi connectivity index (χ3v) is 4.91. The highest BCUT2D eigenvalue weighted by Gasteiger charge is 2.23. The predicted molar refractivity (Wildman–Crippen MR) is 81.3 cm³/mol. The average Bonchev–Trinajstić information content (AvgIpc) is 2.84. The summed E-state index contributed by atoms with van der Waals surface area (Å²) >= 11 is 4.92. The summed E-state index contributed by atoms with van der Waals surface area (Å²) in [6.45, 7) is 1.38. The van der Waals surface area contributed by atoms with E-state index in [1.54, 1.807) is 0 Å². The molecule has 1 amide bonds. The number of benzene rings is 1. The number of rotatable bonds is 1. The van der Waals surface area contributed by atoms with Crippen LogP contribution in [0.3, 0.4) is 0 Å². The summed E-state index contributed by atoms with van der Waals surface area (Å²) in [5.41, 5.74) is 9.91. The number of hydrogen-bond donors (Lipinski definition) is 1. The first-order valence-corrected chi connectivity index (χ1v) is 7.72. The van der Waals surface area contributed by atoms with Crippen molar-refractivity contribution in [3.63, 3.8) is 0 Å². The van der Waals surface area contributed by atoms with E-state index in [-0.39, 0.29) is 5.91 Å². The van der Waals surface area contributed by atoms with Crippen molar-refractivity contribution in [2.75, 3.05) is 12.3 Å². The maximum absolute atomic E-state index is 12.4. The third-order valence-electron chi connectivity index (χ3n) is 3.40. The van der Waals surface area contributed by atoms with Crippen LogP contribution in [0.15, 0.2) is 33.4 Å². The molecule has 1 aromatic heterocycles. The number of amides is 1. The van der Waals surface area contributed by atoms with Crippen LogP contribution >= 0.6 is 27.3 Å². The smallest absolute Gasteiger partial charge is 0.255 e. The van der Waals surface area contributed by atoms with Crippen LogP contribution in [0.5, 0.6) is 0 Å². The molecule has 2 heterocycles. The molecule has 5 heteroatoms. The molecular weight excluding hydrogens is 324 g/mol. The van der Waals surface area contributed by atoms with Crippen LogP contribution in [-0.2, 0) is 13.0 Å². The Bertz CT molecular complexity index is 638. The van der Waals surface area contributed by atoms with Gasteiger partial charge in [0, 0.05) is 24.2 Å². The predicted octanol–water partition coefficient (Wildman–Crippen LogP) is 3.29. The van der Waals surface area contributed by atoms with E-state index in [9.17, 15) is 4.79 Å². The molecule has 1 aliphatic heterocycles. The summed E-state index contributed by atoms with van der Waals surface area (Å²) in [5, 5.41) is 1.89. The molecule has 2 aromatic rings. The Kier molecular flexibility index (Phi) is 3.33. The summed E-state index contributed by atoms with van der Waals surface area (Å²) in [5.74, 6) is 0.0926. The van der Waals surface area contributed by atoms with Gasteiger partial charge in [-0.25, -0.2) is 0 Å². The fraction of sp³-hybridized carbons (Fsp3) is 0.214. The van der Waals surface area contributed by atoms with Gasteiger partial charge in [-0.05, 0) is 45.6 Å². The summed E-state index contributed by atoms with van der Waals surface area (Å²) < 4.78 is 0.984. The largest absolute Gasteiger partial charge is 0.398 e. The highest BCUT2D eigenvalue weighted by Crippen LogP contribution is 2.27. The molecule has 2 N–H and O–H groups in total. The van der Waals surface area contributed by atoms with Gasteiger partial charge in [-0.15, -0.1) is 11.3 Å². The molecule has 0 bridgehead atoms. The lowest BCUT2D eigenvalue weighted by Gasteiger charge is -2.29. The quantitative estimate of drug-likeness (QED) is 0.812. The monoisotopic (exact) mass is 336 g/mol. The summed E-state index contributed by atoms with van der Waals surface area (Å²) in [6.07, 6.45) is 0.832. The Hall–Kier alpha value is -1.33. The Labute approximate surface area is 124 Å². The van der Waals surface area contributed by atoms with Crippen LogP contribution in [0, 0.1) is 0 Å². The van der Waals surface area contributed by atoms with Crippen molar-refractivity contribution in [3.05, 3.63) is 50.1 Å². The zero-order valence-electron chi connectivity index (χ0n) is 10.2. The van der Waals surface area contributed by atoms with Gasteiger partial charge in [0.25, 0.3) is 5.91 Å². The van der Waals surface area contributed by atoms with Gasteiger partial charge in [0.2, 0.25) is 0 Å². The first-order valence-electron chi connectivity index (χ1n) is 6.04. The fourth-order valence-corrected chi connectivity index (χ4v) is 3.55. The van der Waals surface area contributed by atoms with E-state index in [1.165, 1.54) is 16.9 Å². The van der Waals surface area contributed by atoms with Crippen molar-refractivity contribution in [2.45, 2.75) is 13.0 Å². The van der Waals surface area contributed by atoms with Gasteiger partial charge in [-0.2, -0.15) is 0 Å². The number of halogens is 1. The summed E-state index contributed by atoms with van der Waals surface area (Å²) in [7, 11) is 0.